The summed E-state index contributed by atoms with van der Waals surface area (Å²) in [6.07, 6.45) is 0.134. The van der Waals surface area contributed by atoms with Gasteiger partial charge in [0.2, 0.25) is 5.91 Å². The molecule has 0 saturated carbocycles. The number of carbonyl (C=O) groups is 1. The number of hydrogen-bond donors (Lipinski definition) is 3. The summed E-state index contributed by atoms with van der Waals surface area (Å²) in [7, 11) is 1.58. The van der Waals surface area contributed by atoms with E-state index in [-0.39, 0.29) is 37.0 Å². The molecule has 8 nitrogen and oxygen atoms in total. The highest BCUT2D eigenvalue weighted by atomic mass is 32.2. The number of rotatable bonds is 7. The molecular formula is C25H27F2N5O3S. The summed E-state index contributed by atoms with van der Waals surface area (Å²) in [5.41, 5.74) is 1.61. The molecule has 3 aromatic rings. The van der Waals surface area contributed by atoms with Crippen molar-refractivity contribution in [3.63, 3.8) is 0 Å². The molecule has 0 bridgehead atoms. The smallest absolute Gasteiger partial charge is 0.235 e. The number of fused-ring (bicyclic) bond motifs is 2. The lowest BCUT2D eigenvalue weighted by atomic mass is 10.00. The van der Waals surface area contributed by atoms with Crippen molar-refractivity contribution in [1.82, 2.24) is 20.2 Å². The van der Waals surface area contributed by atoms with Crippen LogP contribution in [0.2, 0.25) is 0 Å². The maximum atomic E-state index is 15.0. The topological polar surface area (TPSA) is 99.6 Å². The molecule has 2 aromatic heterocycles. The van der Waals surface area contributed by atoms with Gasteiger partial charge in [0.25, 0.3) is 0 Å². The minimum absolute atomic E-state index is 0.0538. The van der Waals surface area contributed by atoms with Gasteiger partial charge in [0.1, 0.15) is 23.6 Å². The lowest BCUT2D eigenvalue weighted by Crippen LogP contribution is -2.51. The van der Waals surface area contributed by atoms with Crippen LogP contribution >= 0.6 is 11.8 Å². The van der Waals surface area contributed by atoms with Crippen molar-refractivity contribution >= 4 is 34.4 Å². The zero-order valence-corrected chi connectivity index (χ0v) is 20.5. The van der Waals surface area contributed by atoms with Crippen molar-refractivity contribution in [2.24, 2.45) is 0 Å². The summed E-state index contributed by atoms with van der Waals surface area (Å²) in [6, 6.07) is 8.16. The fourth-order valence-corrected chi connectivity index (χ4v) is 5.42. The number of thioether (sulfide) groups is 1. The number of halogens is 2. The molecule has 5 rings (SSSR count). The fourth-order valence-electron chi connectivity index (χ4n) is 4.64. The molecule has 3 atom stereocenters. The van der Waals surface area contributed by atoms with Gasteiger partial charge in [-0.1, -0.05) is 0 Å². The van der Waals surface area contributed by atoms with Gasteiger partial charge in [0.05, 0.1) is 35.1 Å². The van der Waals surface area contributed by atoms with Gasteiger partial charge in [-0.3, -0.25) is 14.7 Å². The number of aliphatic hydroxyl groups is 1. The van der Waals surface area contributed by atoms with Crippen molar-refractivity contribution < 1.29 is 23.4 Å². The highest BCUT2D eigenvalue weighted by molar-refractivity contribution is 8.00. The van der Waals surface area contributed by atoms with E-state index in [4.69, 9.17) is 4.74 Å². The number of ether oxygens (including phenoxy) is 1. The van der Waals surface area contributed by atoms with Crippen molar-refractivity contribution in [2.45, 2.75) is 36.2 Å². The summed E-state index contributed by atoms with van der Waals surface area (Å²) in [5.74, 6) is 0.584. The van der Waals surface area contributed by atoms with Gasteiger partial charge >= 0.3 is 0 Å². The van der Waals surface area contributed by atoms with E-state index >= 15 is 4.39 Å². The maximum absolute atomic E-state index is 15.0. The van der Waals surface area contributed by atoms with Gasteiger partial charge in [0.15, 0.2) is 0 Å². The summed E-state index contributed by atoms with van der Waals surface area (Å²) in [5, 5.41) is 17.5. The summed E-state index contributed by atoms with van der Waals surface area (Å²) >= 11 is 1.24. The van der Waals surface area contributed by atoms with Crippen LogP contribution in [0.25, 0.3) is 10.9 Å². The Labute approximate surface area is 211 Å². The average molecular weight is 516 g/mol. The van der Waals surface area contributed by atoms with E-state index in [0.29, 0.717) is 35.0 Å². The van der Waals surface area contributed by atoms with Crippen LogP contribution in [0.15, 0.2) is 41.4 Å². The van der Waals surface area contributed by atoms with Crippen molar-refractivity contribution in [3.8, 4) is 5.75 Å². The lowest BCUT2D eigenvalue weighted by Gasteiger charge is -2.36. The number of carbonyl (C=O) groups excluding carboxylic acids is 1. The van der Waals surface area contributed by atoms with Gasteiger partial charge in [-0.15, -0.1) is 11.8 Å². The zero-order valence-electron chi connectivity index (χ0n) is 19.7. The summed E-state index contributed by atoms with van der Waals surface area (Å²) in [6.45, 7) is 1.06. The Hall–Kier alpha value is -2.86. The molecule has 0 radical (unpaired) electrons. The number of β-amino-alcohol motifs (C(OH)–C–C–N with tert-alkyl or cyclic N) is 1. The second-order valence-corrected chi connectivity index (χ2v) is 9.97. The Morgan fingerprint density at radius 3 is 3.03 bits per heavy atom. The van der Waals surface area contributed by atoms with E-state index in [2.05, 4.69) is 20.6 Å². The Morgan fingerprint density at radius 1 is 1.36 bits per heavy atom. The Bertz CT molecular complexity index is 1280. The summed E-state index contributed by atoms with van der Waals surface area (Å²) in [4.78, 5) is 22.7. The molecule has 11 heteroatoms. The molecule has 4 heterocycles. The van der Waals surface area contributed by atoms with E-state index in [1.807, 2.05) is 23.1 Å². The summed E-state index contributed by atoms with van der Waals surface area (Å²) < 4.78 is 34.8. The molecule has 190 valence electrons. The van der Waals surface area contributed by atoms with Crippen LogP contribution in [-0.4, -0.2) is 70.6 Å². The second-order valence-electron chi connectivity index (χ2n) is 8.95. The van der Waals surface area contributed by atoms with E-state index in [9.17, 15) is 14.3 Å². The van der Waals surface area contributed by atoms with Crippen molar-refractivity contribution in [2.75, 3.05) is 37.8 Å². The van der Waals surface area contributed by atoms with Gasteiger partial charge in [-0.2, -0.15) is 0 Å². The molecule has 1 fully saturated rings. The van der Waals surface area contributed by atoms with Crippen LogP contribution in [-0.2, 0) is 11.3 Å². The van der Waals surface area contributed by atoms with Crippen molar-refractivity contribution in [1.29, 1.82) is 0 Å². The van der Waals surface area contributed by atoms with Crippen LogP contribution in [0.1, 0.15) is 23.8 Å². The third-order valence-corrected chi connectivity index (χ3v) is 7.59. The molecule has 2 aliphatic heterocycles. The quantitative estimate of drug-likeness (QED) is 0.442. The third kappa shape index (κ3) is 5.29. The molecule has 36 heavy (non-hydrogen) atoms. The van der Waals surface area contributed by atoms with Crippen LogP contribution in [0.3, 0.4) is 0 Å². The Morgan fingerprint density at radius 2 is 2.22 bits per heavy atom. The number of pyridine rings is 2. The number of anilines is 1. The standard InChI is InChI=1S/C25H27F2N5O3S/c1-35-14-2-3-19-16(8-14)15(4-6-28-19)22(33)12-32-7-5-20(18(27)11-32)29-10-21-17(26)9-23-25(30-21)31-24(34)13-36-23/h2-4,6,8-9,18,20,22,29,33H,5,7,10-13H2,1H3,(H,30,31,34). The van der Waals surface area contributed by atoms with Gasteiger partial charge in [-0.25, -0.2) is 13.8 Å². The van der Waals surface area contributed by atoms with E-state index < -0.39 is 24.1 Å². The largest absolute Gasteiger partial charge is 0.497 e. The number of benzene rings is 1. The molecule has 1 amide bonds. The SMILES string of the molecule is COc1ccc2nccc(C(O)CN3CCC(NCc4nc5c(cc4F)SCC(=O)N5)C(F)C3)c2c1. The Balaban J connectivity index is 1.19. The monoisotopic (exact) mass is 515 g/mol. The second kappa shape index (κ2) is 10.6. The number of amides is 1. The van der Waals surface area contributed by atoms with Crippen LogP contribution in [0, 0.1) is 5.82 Å². The number of alkyl halides is 1. The highest BCUT2D eigenvalue weighted by Gasteiger charge is 2.31. The van der Waals surface area contributed by atoms with Crippen LogP contribution in [0.5, 0.6) is 5.75 Å². The number of aromatic nitrogens is 2. The van der Waals surface area contributed by atoms with Gasteiger partial charge in [-0.05, 0) is 48.9 Å². The van der Waals surface area contributed by atoms with E-state index in [0.717, 1.165) is 10.9 Å². The number of hydrogen-bond acceptors (Lipinski definition) is 8. The molecule has 0 spiro atoms. The molecule has 1 aromatic carbocycles. The predicted molar refractivity (Wildman–Crippen MR) is 133 cm³/mol. The number of likely N-dealkylation sites (tertiary alicyclic amines) is 1. The molecule has 2 aliphatic rings. The first kappa shape index (κ1) is 24.8. The molecule has 1 saturated heterocycles. The number of piperidine rings is 1. The minimum Gasteiger partial charge on any atom is -0.497 e. The molecule has 3 unspecified atom stereocenters. The highest BCUT2D eigenvalue weighted by Crippen LogP contribution is 2.31. The lowest BCUT2D eigenvalue weighted by molar-refractivity contribution is -0.113. The average Bonchev–Trinajstić information content (AvgIpc) is 2.87. The minimum atomic E-state index is -1.20. The third-order valence-electron chi connectivity index (χ3n) is 6.56. The predicted octanol–water partition coefficient (Wildman–Crippen LogP) is 3.06. The van der Waals surface area contributed by atoms with E-state index in [1.54, 1.807) is 19.4 Å². The first-order chi connectivity index (χ1) is 17.4. The normalized spacial score (nSPS) is 21.2. The van der Waals surface area contributed by atoms with Crippen LogP contribution < -0.4 is 15.4 Å². The zero-order chi connectivity index (χ0) is 25.2. The number of aliphatic hydroxyl groups excluding tert-OH is 1. The number of nitrogens with one attached hydrogen (secondary N) is 2. The van der Waals surface area contributed by atoms with Gasteiger partial charge in [0, 0.05) is 37.3 Å². The van der Waals surface area contributed by atoms with Gasteiger partial charge < -0.3 is 20.5 Å². The maximum Gasteiger partial charge on any atom is 0.235 e. The number of methoxy groups -OCH3 is 1. The molecule has 3 N–H and O–H groups in total. The molecule has 0 aliphatic carbocycles. The first-order valence-electron chi connectivity index (χ1n) is 11.7. The van der Waals surface area contributed by atoms with E-state index in [1.165, 1.54) is 17.8 Å². The van der Waals surface area contributed by atoms with Crippen molar-refractivity contribution in [3.05, 3.63) is 53.6 Å². The van der Waals surface area contributed by atoms with Crippen LogP contribution in [0.4, 0.5) is 14.6 Å². The first-order valence-corrected chi connectivity index (χ1v) is 12.7. The molecular weight excluding hydrogens is 488 g/mol. The Kier molecular flexibility index (Phi) is 7.33. The number of nitrogens with zero attached hydrogens (tertiary/aromatic N) is 3. The fraction of sp³-hybridized carbons (Fsp3) is 0.400.